The molecule has 1 atom stereocenters. The maximum atomic E-state index is 3.59. The third-order valence-corrected chi connectivity index (χ3v) is 5.11. The quantitative estimate of drug-likeness (QED) is 0.745. The molecule has 20 heavy (non-hydrogen) atoms. The molecule has 2 rings (SSSR count). The second-order valence-electron chi connectivity index (χ2n) is 6.78. The van der Waals surface area contributed by atoms with Gasteiger partial charge in [-0.05, 0) is 49.3 Å². The highest BCUT2D eigenvalue weighted by atomic mass is 14.9. The lowest BCUT2D eigenvalue weighted by Gasteiger charge is -2.41. The van der Waals surface area contributed by atoms with Crippen molar-refractivity contribution in [1.29, 1.82) is 0 Å². The van der Waals surface area contributed by atoms with E-state index in [1.807, 2.05) is 0 Å². The van der Waals surface area contributed by atoms with Gasteiger partial charge in [-0.15, -0.1) is 0 Å². The van der Waals surface area contributed by atoms with Gasteiger partial charge in [0.25, 0.3) is 0 Å². The van der Waals surface area contributed by atoms with E-state index in [1.165, 1.54) is 62.5 Å². The van der Waals surface area contributed by atoms with Crippen LogP contribution < -0.4 is 5.32 Å². The van der Waals surface area contributed by atoms with Crippen molar-refractivity contribution < 1.29 is 0 Å². The summed E-state index contributed by atoms with van der Waals surface area (Å²) in [5.41, 5.74) is 3.38. The molecule has 1 aliphatic rings. The number of benzene rings is 1. The maximum absolute atomic E-state index is 3.59. The molecule has 1 saturated carbocycles. The zero-order valence-electron chi connectivity index (χ0n) is 13.5. The van der Waals surface area contributed by atoms with Crippen LogP contribution in [0.5, 0.6) is 0 Å². The van der Waals surface area contributed by atoms with Gasteiger partial charge in [0.2, 0.25) is 0 Å². The topological polar surface area (TPSA) is 12.0 Å². The summed E-state index contributed by atoms with van der Waals surface area (Å²) in [6.45, 7) is 4.73. The van der Waals surface area contributed by atoms with Crippen molar-refractivity contribution in [1.82, 2.24) is 5.32 Å². The van der Waals surface area contributed by atoms with Gasteiger partial charge in [-0.3, -0.25) is 0 Å². The summed E-state index contributed by atoms with van der Waals surface area (Å²) in [6, 6.07) is 9.88. The SMILES string of the molecule is CCCCc1ccc(C(NC)C2(C)CCCCC2)cc1. The van der Waals surface area contributed by atoms with E-state index in [0.717, 1.165) is 0 Å². The smallest absolute Gasteiger partial charge is 0.0372 e. The molecule has 1 fully saturated rings. The summed E-state index contributed by atoms with van der Waals surface area (Å²) in [5.74, 6) is 0. The lowest BCUT2D eigenvalue weighted by Crippen LogP contribution is -2.36. The number of unbranched alkanes of at least 4 members (excludes halogenated alkanes) is 1. The van der Waals surface area contributed by atoms with E-state index < -0.39 is 0 Å². The van der Waals surface area contributed by atoms with Gasteiger partial charge in [-0.2, -0.15) is 0 Å². The Morgan fingerprint density at radius 3 is 2.30 bits per heavy atom. The molecular weight excluding hydrogens is 242 g/mol. The molecule has 0 amide bonds. The summed E-state index contributed by atoms with van der Waals surface area (Å²) < 4.78 is 0. The number of nitrogens with one attached hydrogen (secondary N) is 1. The summed E-state index contributed by atoms with van der Waals surface area (Å²) >= 11 is 0. The largest absolute Gasteiger partial charge is 0.313 e. The van der Waals surface area contributed by atoms with Crippen LogP contribution in [0.15, 0.2) is 24.3 Å². The first kappa shape index (κ1) is 15.6. The van der Waals surface area contributed by atoms with Crippen molar-refractivity contribution in [3.63, 3.8) is 0 Å². The summed E-state index contributed by atoms with van der Waals surface area (Å²) in [4.78, 5) is 0. The zero-order valence-corrected chi connectivity index (χ0v) is 13.5. The standard InChI is InChI=1S/C19H31N/c1-4-5-9-16-10-12-17(13-11-16)18(20-3)19(2)14-7-6-8-15-19/h10-13,18,20H,4-9,14-15H2,1-3H3. The molecule has 0 saturated heterocycles. The van der Waals surface area contributed by atoms with E-state index in [4.69, 9.17) is 0 Å². The number of aryl methyl sites for hydroxylation is 1. The first-order valence-electron chi connectivity index (χ1n) is 8.46. The van der Waals surface area contributed by atoms with Crippen LogP contribution in [0.1, 0.15) is 76.0 Å². The molecule has 1 heteroatoms. The molecule has 0 bridgehead atoms. The van der Waals surface area contributed by atoms with Crippen LogP contribution in [-0.2, 0) is 6.42 Å². The van der Waals surface area contributed by atoms with Gasteiger partial charge in [0.15, 0.2) is 0 Å². The van der Waals surface area contributed by atoms with Gasteiger partial charge in [-0.25, -0.2) is 0 Å². The predicted molar refractivity (Wildman–Crippen MR) is 88.0 cm³/mol. The third-order valence-electron chi connectivity index (χ3n) is 5.11. The minimum absolute atomic E-state index is 0.429. The molecule has 112 valence electrons. The molecule has 0 aromatic heterocycles. The van der Waals surface area contributed by atoms with Crippen LogP contribution in [0, 0.1) is 5.41 Å². The molecule has 1 aliphatic carbocycles. The van der Waals surface area contributed by atoms with E-state index >= 15 is 0 Å². The second-order valence-corrected chi connectivity index (χ2v) is 6.78. The monoisotopic (exact) mass is 273 g/mol. The summed E-state index contributed by atoms with van der Waals surface area (Å²) in [6.07, 6.45) is 10.7. The predicted octanol–water partition coefficient (Wildman–Crippen LogP) is 5.26. The van der Waals surface area contributed by atoms with Crippen LogP contribution in [0.3, 0.4) is 0 Å². The van der Waals surface area contributed by atoms with Crippen molar-refractivity contribution in [2.75, 3.05) is 7.05 Å². The van der Waals surface area contributed by atoms with Crippen LogP contribution in [-0.4, -0.2) is 7.05 Å². The van der Waals surface area contributed by atoms with Crippen molar-refractivity contribution in [3.05, 3.63) is 35.4 Å². The maximum Gasteiger partial charge on any atom is 0.0372 e. The minimum Gasteiger partial charge on any atom is -0.313 e. The average molecular weight is 273 g/mol. The molecule has 1 aromatic carbocycles. The van der Waals surface area contributed by atoms with Crippen LogP contribution in [0.25, 0.3) is 0 Å². The van der Waals surface area contributed by atoms with E-state index in [-0.39, 0.29) is 0 Å². The summed E-state index contributed by atoms with van der Waals surface area (Å²) in [7, 11) is 2.12. The van der Waals surface area contributed by atoms with Crippen LogP contribution >= 0.6 is 0 Å². The van der Waals surface area contributed by atoms with Crippen molar-refractivity contribution in [2.45, 2.75) is 71.3 Å². The lowest BCUT2D eigenvalue weighted by atomic mass is 9.68. The fourth-order valence-corrected chi connectivity index (χ4v) is 3.82. The van der Waals surface area contributed by atoms with Crippen molar-refractivity contribution in [3.8, 4) is 0 Å². The Balaban J connectivity index is 2.10. The van der Waals surface area contributed by atoms with Crippen molar-refractivity contribution >= 4 is 0 Å². The molecule has 1 nitrogen and oxygen atoms in total. The Kier molecular flexibility index (Phi) is 5.65. The van der Waals surface area contributed by atoms with Gasteiger partial charge in [-0.1, -0.05) is 63.8 Å². The van der Waals surface area contributed by atoms with Gasteiger partial charge in [0, 0.05) is 6.04 Å². The molecular formula is C19H31N. The third kappa shape index (κ3) is 3.63. The second kappa shape index (κ2) is 7.26. The Hall–Kier alpha value is -0.820. The van der Waals surface area contributed by atoms with E-state index in [1.54, 1.807) is 0 Å². The van der Waals surface area contributed by atoms with E-state index in [9.17, 15) is 0 Å². The highest BCUT2D eigenvalue weighted by Crippen LogP contribution is 2.45. The Bertz CT molecular complexity index is 387. The van der Waals surface area contributed by atoms with E-state index in [0.29, 0.717) is 11.5 Å². The molecule has 1 unspecified atom stereocenters. The summed E-state index contributed by atoms with van der Waals surface area (Å²) in [5, 5.41) is 3.59. The Morgan fingerprint density at radius 2 is 1.75 bits per heavy atom. The lowest BCUT2D eigenvalue weighted by molar-refractivity contribution is 0.150. The number of hydrogen-bond acceptors (Lipinski definition) is 1. The normalized spacial score (nSPS) is 19.8. The van der Waals surface area contributed by atoms with Crippen LogP contribution in [0.2, 0.25) is 0 Å². The first-order valence-corrected chi connectivity index (χ1v) is 8.46. The molecule has 0 heterocycles. The van der Waals surface area contributed by atoms with E-state index in [2.05, 4.69) is 50.5 Å². The fourth-order valence-electron chi connectivity index (χ4n) is 3.82. The Morgan fingerprint density at radius 1 is 1.10 bits per heavy atom. The highest BCUT2D eigenvalue weighted by molar-refractivity contribution is 5.26. The highest BCUT2D eigenvalue weighted by Gasteiger charge is 2.35. The molecule has 1 N–H and O–H groups in total. The first-order chi connectivity index (χ1) is 9.69. The van der Waals surface area contributed by atoms with Crippen molar-refractivity contribution in [2.24, 2.45) is 5.41 Å². The minimum atomic E-state index is 0.429. The molecule has 0 spiro atoms. The molecule has 0 aliphatic heterocycles. The number of hydrogen-bond donors (Lipinski definition) is 1. The average Bonchev–Trinajstić information content (AvgIpc) is 2.47. The van der Waals surface area contributed by atoms with Crippen LogP contribution in [0.4, 0.5) is 0 Å². The number of rotatable bonds is 6. The zero-order chi connectivity index (χ0) is 14.4. The van der Waals surface area contributed by atoms with Gasteiger partial charge < -0.3 is 5.32 Å². The molecule has 0 radical (unpaired) electrons. The fraction of sp³-hybridized carbons (Fsp3) is 0.684. The van der Waals surface area contributed by atoms with Gasteiger partial charge in [0.05, 0.1) is 0 Å². The van der Waals surface area contributed by atoms with Gasteiger partial charge in [0.1, 0.15) is 0 Å². The van der Waals surface area contributed by atoms with Gasteiger partial charge >= 0.3 is 0 Å². The Labute approximate surface area is 125 Å². The molecule has 1 aromatic rings.